The fraction of sp³-hybridized carbons (Fsp3) is 0.465. The molecule has 22 nitrogen and oxygen atoms in total. The van der Waals surface area contributed by atoms with Crippen molar-refractivity contribution in [3.8, 4) is 34.5 Å². The van der Waals surface area contributed by atoms with Crippen LogP contribution in [0.15, 0.2) is 66.4 Å². The number of aliphatic hydroxyl groups is 10. The van der Waals surface area contributed by atoms with Gasteiger partial charge in [-0.1, -0.05) is 12.1 Å². The van der Waals surface area contributed by atoms with E-state index in [0.29, 0.717) is 5.56 Å². The van der Waals surface area contributed by atoms with Gasteiger partial charge in [-0.2, -0.15) is 0 Å². The lowest BCUT2D eigenvalue weighted by molar-refractivity contribution is -0.325. The zero-order chi connectivity index (χ0) is 46.9. The van der Waals surface area contributed by atoms with Crippen LogP contribution in [0.3, 0.4) is 0 Å². The van der Waals surface area contributed by atoms with Crippen molar-refractivity contribution in [1.29, 1.82) is 0 Å². The number of benzene rings is 3. The third-order valence-electron chi connectivity index (χ3n) is 11.3. The average molecular weight is 920 g/mol. The average Bonchev–Trinajstić information content (AvgIpc) is 3.29. The van der Waals surface area contributed by atoms with Gasteiger partial charge in [-0.15, -0.1) is 0 Å². The van der Waals surface area contributed by atoms with Crippen molar-refractivity contribution < 1.29 is 109 Å². The zero-order valence-electron chi connectivity index (χ0n) is 34.6. The Morgan fingerprint density at radius 2 is 1.38 bits per heavy atom. The van der Waals surface area contributed by atoms with E-state index in [1.165, 1.54) is 62.6 Å². The van der Waals surface area contributed by atoms with E-state index in [1.54, 1.807) is 18.2 Å². The van der Waals surface area contributed by atoms with E-state index in [-0.39, 0.29) is 39.9 Å². The molecule has 4 heterocycles. The molecule has 354 valence electrons. The highest BCUT2D eigenvalue weighted by molar-refractivity contribution is 5.87. The number of aliphatic hydroxyl groups excluding tert-OH is 9. The molecule has 16 atom stereocenters. The number of aromatic hydroxyl groups is 4. The molecule has 0 saturated carbocycles. The lowest BCUT2D eigenvalue weighted by Gasteiger charge is -2.43. The molecular formula is C43H51O22+. The second-order valence-electron chi connectivity index (χ2n) is 15.7. The first-order valence-electron chi connectivity index (χ1n) is 20.3. The van der Waals surface area contributed by atoms with Gasteiger partial charge in [0.2, 0.25) is 18.3 Å². The Balaban J connectivity index is 1.09. The summed E-state index contributed by atoms with van der Waals surface area (Å²) in [7, 11) is 1.24. The second kappa shape index (κ2) is 20.1. The van der Waals surface area contributed by atoms with Crippen molar-refractivity contribution >= 4 is 18.1 Å². The molecule has 22 heteroatoms. The topological polar surface area (TPSA) is 346 Å². The smallest absolute Gasteiger partial charge is 0.331 e. The fourth-order valence-electron chi connectivity index (χ4n) is 7.58. The predicted molar refractivity (Wildman–Crippen MR) is 217 cm³/mol. The summed E-state index contributed by atoms with van der Waals surface area (Å²) in [5.74, 6) is -2.10. The van der Waals surface area contributed by atoms with Gasteiger partial charge in [0.1, 0.15) is 78.1 Å². The molecule has 0 spiro atoms. The Kier molecular flexibility index (Phi) is 14.7. The van der Waals surface area contributed by atoms with Gasteiger partial charge in [-0.25, -0.2) is 4.79 Å². The minimum Gasteiger partial charge on any atom is -0.571 e. The van der Waals surface area contributed by atoms with Crippen LogP contribution in [0.25, 0.3) is 12.2 Å². The number of rotatable bonds is 13. The number of esters is 1. The van der Waals surface area contributed by atoms with Crippen LogP contribution in [0, 0.1) is 0 Å². The first-order valence-corrected chi connectivity index (χ1v) is 20.3. The summed E-state index contributed by atoms with van der Waals surface area (Å²) in [6.45, 7) is 0.0906. The van der Waals surface area contributed by atoms with Gasteiger partial charge in [-0.05, 0) is 55.0 Å². The molecule has 0 bridgehead atoms. The minimum atomic E-state index is -1.94. The van der Waals surface area contributed by atoms with E-state index in [4.69, 9.17) is 42.6 Å². The van der Waals surface area contributed by atoms with E-state index >= 15 is 0 Å². The van der Waals surface area contributed by atoms with E-state index in [0.717, 1.165) is 6.08 Å². The number of fused-ring (bicyclic) bond motifs is 1. The van der Waals surface area contributed by atoms with Crippen LogP contribution < -0.4 is 9.47 Å². The molecule has 3 aromatic carbocycles. The highest BCUT2D eigenvalue weighted by Gasteiger charge is 2.50. The maximum atomic E-state index is 12.6. The van der Waals surface area contributed by atoms with Gasteiger partial charge in [0.25, 0.3) is 11.9 Å². The number of methoxy groups -OCH3 is 1. The van der Waals surface area contributed by atoms with Crippen LogP contribution in [0.1, 0.15) is 29.7 Å². The first-order chi connectivity index (χ1) is 31.0. The van der Waals surface area contributed by atoms with Gasteiger partial charge in [0.15, 0.2) is 29.7 Å². The number of ether oxygens (including phenoxy) is 9. The molecule has 16 unspecified atom stereocenters. The summed E-state index contributed by atoms with van der Waals surface area (Å²) < 4.78 is 50.4. The van der Waals surface area contributed by atoms with E-state index in [9.17, 15) is 66.1 Å². The Morgan fingerprint density at radius 3 is 2.06 bits per heavy atom. The van der Waals surface area contributed by atoms with Crippen molar-refractivity contribution in [3.63, 3.8) is 0 Å². The van der Waals surface area contributed by atoms with E-state index in [1.807, 2.05) is 0 Å². The Labute approximate surface area is 369 Å². The summed E-state index contributed by atoms with van der Waals surface area (Å²) in [5.41, 5.74) is 0.917. The zero-order valence-corrected chi connectivity index (χ0v) is 34.6. The number of phenols is 3. The van der Waals surface area contributed by atoms with Gasteiger partial charge in [0, 0.05) is 18.2 Å². The molecule has 3 saturated heterocycles. The van der Waals surface area contributed by atoms with Crippen molar-refractivity contribution in [2.75, 3.05) is 20.3 Å². The predicted octanol–water partition coefficient (Wildman–Crippen LogP) is -1.74. The third-order valence-corrected chi connectivity index (χ3v) is 11.3. The molecule has 0 radical (unpaired) electrons. The quantitative estimate of drug-likeness (QED) is 0.0392. The molecule has 4 aliphatic heterocycles. The molecule has 65 heavy (non-hydrogen) atoms. The third kappa shape index (κ3) is 10.1. The van der Waals surface area contributed by atoms with Gasteiger partial charge in [-0.3, -0.25) is 0 Å². The maximum Gasteiger partial charge on any atom is 0.331 e. The van der Waals surface area contributed by atoms with Crippen molar-refractivity contribution in [3.05, 3.63) is 83.1 Å². The van der Waals surface area contributed by atoms with Crippen LogP contribution in [-0.4, -0.2) is 184 Å². The largest absolute Gasteiger partial charge is 0.571 e. The standard InChI is InChI=1S/C43H50O22/c1-17-39(65-29(47)11-8-18-6-9-20(45)10-7-18)35(53)38(56)41(59-17)58-16-28-32(50)34(52)37(55)43(64-28)62-26-14-21-23(60-40(26)19-12-22(46)30(48)25(13-19)57-2)4-3-5-24(21)61-42-36(54)33(51)31(49)27(15-44)63-42/h3-14,17,27-28,31-46,48-56H,15-16H2,1-2H3/p+1. The lowest BCUT2D eigenvalue weighted by Crippen LogP contribution is -2.61. The fourth-order valence-corrected chi connectivity index (χ4v) is 7.58. The van der Waals surface area contributed by atoms with Crippen LogP contribution in [0.2, 0.25) is 0 Å². The minimum absolute atomic E-state index is 0.0156. The van der Waals surface area contributed by atoms with Gasteiger partial charge < -0.3 is 104 Å². The second-order valence-corrected chi connectivity index (χ2v) is 15.7. The summed E-state index contributed by atoms with van der Waals surface area (Å²) in [6.07, 6.45) is -21.9. The highest BCUT2D eigenvalue weighted by atomic mass is 16.7. The normalized spacial score (nSPS) is 34.8. The van der Waals surface area contributed by atoms with Crippen molar-refractivity contribution in [2.24, 2.45) is 0 Å². The van der Waals surface area contributed by atoms with E-state index in [2.05, 4.69) is 0 Å². The molecule has 0 aromatic heterocycles. The Morgan fingerprint density at radius 1 is 0.738 bits per heavy atom. The first kappa shape index (κ1) is 47.6. The highest BCUT2D eigenvalue weighted by Crippen LogP contribution is 2.47. The van der Waals surface area contributed by atoms with Crippen LogP contribution >= 0.6 is 0 Å². The van der Waals surface area contributed by atoms with Gasteiger partial charge in [0.05, 0.1) is 32.0 Å². The number of hydrogen-bond donors (Lipinski definition) is 12. The summed E-state index contributed by atoms with van der Waals surface area (Å²) in [6, 6.07) is 13.0. The van der Waals surface area contributed by atoms with Crippen LogP contribution in [-0.2, 0) is 33.2 Å². The Hall–Kier alpha value is -5.31. The lowest BCUT2D eigenvalue weighted by atomic mass is 9.98. The molecule has 0 aliphatic carbocycles. The van der Waals surface area contributed by atoms with Crippen molar-refractivity contribution in [2.45, 2.75) is 105 Å². The van der Waals surface area contributed by atoms with Crippen molar-refractivity contribution in [1.82, 2.24) is 0 Å². The maximum absolute atomic E-state index is 12.6. The Bertz CT molecular complexity index is 2180. The number of carbonyl (C=O) groups is 1. The molecule has 4 aliphatic rings. The molecule has 3 aromatic rings. The monoisotopic (exact) mass is 919 g/mol. The van der Waals surface area contributed by atoms with Crippen LogP contribution in [0.4, 0.5) is 0 Å². The molecule has 3 fully saturated rings. The molecule has 7 rings (SSSR count). The molecule has 13 N–H and O–H groups in total. The summed E-state index contributed by atoms with van der Waals surface area (Å²) in [4.78, 5) is 12.6. The SMILES string of the molecule is COc1cc(C2[OH+]c3cccc(OC4OC(CO)C(O)C(O)C4O)c3C=C2OC2OC(COC3OC(C)C(OC(=O)C=Cc4ccc(O)cc4)C(O)C3O)C(O)C(O)C2O)cc(O)c1O. The number of phenolic OH excluding ortho intramolecular Hbond substituents is 3. The van der Waals surface area contributed by atoms with Gasteiger partial charge >= 0.3 is 5.97 Å². The number of carbonyl (C=O) groups excluding carboxylic acids is 1. The van der Waals surface area contributed by atoms with E-state index < -0.39 is 129 Å². The summed E-state index contributed by atoms with van der Waals surface area (Å²) >= 11 is 0. The molecule has 0 amide bonds. The summed E-state index contributed by atoms with van der Waals surface area (Å²) in [5, 5.41) is 126. The van der Waals surface area contributed by atoms with Crippen LogP contribution in [0.5, 0.6) is 34.5 Å². The number of hydrogen-bond acceptors (Lipinski definition) is 21. The molecular weight excluding hydrogens is 868 g/mol.